The van der Waals surface area contributed by atoms with Crippen molar-refractivity contribution >= 4 is 24.1 Å². The Morgan fingerprint density at radius 1 is 0.697 bits per heavy atom. The molecule has 4 heteroatoms. The Kier molecular flexibility index (Phi) is 7.77. The first-order valence-electron chi connectivity index (χ1n) is 10.6. The second kappa shape index (κ2) is 10.9. The summed E-state index contributed by atoms with van der Waals surface area (Å²) in [5, 5.41) is 0. The summed E-state index contributed by atoms with van der Waals surface area (Å²) in [6.07, 6.45) is 4.58. The van der Waals surface area contributed by atoms with Crippen LogP contribution < -0.4 is 9.47 Å². The number of benzene rings is 3. The van der Waals surface area contributed by atoms with Crippen LogP contribution in [0.5, 0.6) is 11.5 Å². The topological polar surface area (TPSA) is 52.6 Å². The number of esters is 2. The maximum absolute atomic E-state index is 11.8. The summed E-state index contributed by atoms with van der Waals surface area (Å²) in [6, 6.07) is 22.8. The molecule has 0 aromatic heterocycles. The van der Waals surface area contributed by atoms with E-state index in [4.69, 9.17) is 9.47 Å². The van der Waals surface area contributed by atoms with Crippen molar-refractivity contribution in [3.63, 3.8) is 0 Å². The number of hydrogen-bond acceptors (Lipinski definition) is 4. The van der Waals surface area contributed by atoms with Gasteiger partial charge in [-0.3, -0.25) is 0 Å². The molecule has 0 atom stereocenters. The molecule has 0 aliphatic carbocycles. The molecule has 0 fully saturated rings. The summed E-state index contributed by atoms with van der Waals surface area (Å²) >= 11 is 0. The van der Waals surface area contributed by atoms with E-state index >= 15 is 0 Å². The third kappa shape index (κ3) is 6.65. The third-order valence-corrected chi connectivity index (χ3v) is 4.93. The SMILES string of the molecule is C=C(C)C(=O)Oc1ccc(-c2ccc(/C=C/c3ccc(OC(=O)C(=C)CC)cc3)cc2)cc1. The first kappa shape index (κ1) is 23.5. The second-order valence-corrected chi connectivity index (χ2v) is 7.57. The van der Waals surface area contributed by atoms with Crippen LogP contribution in [0.2, 0.25) is 0 Å². The van der Waals surface area contributed by atoms with Crippen LogP contribution in [0.25, 0.3) is 23.3 Å². The van der Waals surface area contributed by atoms with Crippen LogP contribution in [-0.2, 0) is 9.59 Å². The number of carbonyl (C=O) groups excluding carboxylic acids is 2. The number of hydrogen-bond donors (Lipinski definition) is 0. The highest BCUT2D eigenvalue weighted by molar-refractivity contribution is 5.89. The van der Waals surface area contributed by atoms with E-state index in [9.17, 15) is 9.59 Å². The summed E-state index contributed by atoms with van der Waals surface area (Å²) in [4.78, 5) is 23.4. The molecule has 166 valence electrons. The minimum absolute atomic E-state index is 0.361. The maximum atomic E-state index is 11.8. The highest BCUT2D eigenvalue weighted by atomic mass is 16.5. The molecule has 3 aromatic carbocycles. The lowest BCUT2D eigenvalue weighted by Crippen LogP contribution is -2.09. The average Bonchev–Trinajstić information content (AvgIpc) is 2.83. The second-order valence-electron chi connectivity index (χ2n) is 7.57. The van der Waals surface area contributed by atoms with Crippen molar-refractivity contribution < 1.29 is 19.1 Å². The van der Waals surface area contributed by atoms with E-state index in [-0.39, 0.29) is 0 Å². The van der Waals surface area contributed by atoms with Crippen molar-refractivity contribution in [1.82, 2.24) is 0 Å². The molecule has 0 saturated heterocycles. The lowest BCUT2D eigenvalue weighted by atomic mass is 10.0. The van der Waals surface area contributed by atoms with Gasteiger partial charge in [-0.1, -0.05) is 80.8 Å². The molecule has 0 bridgehead atoms. The smallest absolute Gasteiger partial charge is 0.338 e. The Balaban J connectivity index is 1.61. The van der Waals surface area contributed by atoms with Gasteiger partial charge < -0.3 is 9.47 Å². The summed E-state index contributed by atoms with van der Waals surface area (Å²) in [5.74, 6) is 0.152. The molecule has 0 aliphatic heterocycles. The van der Waals surface area contributed by atoms with E-state index < -0.39 is 11.9 Å². The Labute approximate surface area is 194 Å². The van der Waals surface area contributed by atoms with Gasteiger partial charge in [-0.05, 0) is 59.9 Å². The molecule has 0 heterocycles. The first-order valence-corrected chi connectivity index (χ1v) is 10.6. The zero-order chi connectivity index (χ0) is 23.8. The molecule has 0 N–H and O–H groups in total. The molecular formula is C29H26O4. The molecule has 0 aliphatic rings. The molecule has 3 aromatic rings. The molecule has 33 heavy (non-hydrogen) atoms. The number of carbonyl (C=O) groups is 2. The van der Waals surface area contributed by atoms with Crippen LogP contribution in [0.4, 0.5) is 0 Å². The summed E-state index contributed by atoms with van der Waals surface area (Å²) < 4.78 is 10.5. The lowest BCUT2D eigenvalue weighted by molar-refractivity contribution is -0.131. The van der Waals surface area contributed by atoms with Gasteiger partial charge in [0.25, 0.3) is 0 Å². The largest absolute Gasteiger partial charge is 0.423 e. The van der Waals surface area contributed by atoms with E-state index in [1.165, 1.54) is 0 Å². The van der Waals surface area contributed by atoms with Crippen molar-refractivity contribution in [2.75, 3.05) is 0 Å². The van der Waals surface area contributed by atoms with Crippen LogP contribution in [-0.4, -0.2) is 11.9 Å². The highest BCUT2D eigenvalue weighted by Gasteiger charge is 2.08. The van der Waals surface area contributed by atoms with Gasteiger partial charge in [0.05, 0.1) is 0 Å². The molecule has 0 spiro atoms. The van der Waals surface area contributed by atoms with Gasteiger partial charge in [0.2, 0.25) is 0 Å². The lowest BCUT2D eigenvalue weighted by Gasteiger charge is -2.06. The molecule has 4 nitrogen and oxygen atoms in total. The summed E-state index contributed by atoms with van der Waals surface area (Å²) in [6.45, 7) is 10.8. The average molecular weight is 439 g/mol. The van der Waals surface area contributed by atoms with Crippen LogP contribution in [0.15, 0.2) is 97.1 Å². The van der Waals surface area contributed by atoms with Crippen LogP contribution >= 0.6 is 0 Å². The quantitative estimate of drug-likeness (QED) is 0.167. The summed E-state index contributed by atoms with van der Waals surface area (Å²) in [5.41, 5.74) is 4.94. The maximum Gasteiger partial charge on any atom is 0.338 e. The fourth-order valence-corrected chi connectivity index (χ4v) is 2.86. The van der Waals surface area contributed by atoms with Gasteiger partial charge in [-0.25, -0.2) is 9.59 Å². The summed E-state index contributed by atoms with van der Waals surface area (Å²) in [7, 11) is 0. The predicted octanol–water partition coefficient (Wildman–Crippen LogP) is 6.88. The fourth-order valence-electron chi connectivity index (χ4n) is 2.86. The molecule has 0 amide bonds. The van der Waals surface area contributed by atoms with Crippen LogP contribution in [0.3, 0.4) is 0 Å². The van der Waals surface area contributed by atoms with Crippen molar-refractivity contribution in [1.29, 1.82) is 0 Å². The normalized spacial score (nSPS) is 10.6. The minimum Gasteiger partial charge on any atom is -0.423 e. The van der Waals surface area contributed by atoms with E-state index in [1.54, 1.807) is 31.2 Å². The van der Waals surface area contributed by atoms with Gasteiger partial charge in [0.1, 0.15) is 11.5 Å². The fraction of sp³-hybridized carbons (Fsp3) is 0.103. The molecule has 3 rings (SSSR count). The Bertz CT molecular complexity index is 1180. The Morgan fingerprint density at radius 2 is 1.09 bits per heavy atom. The standard InChI is InChI=1S/C29H26O4/c1-5-21(4)29(31)33-26-16-10-23(11-17-26)7-6-22-8-12-24(13-9-22)25-14-18-27(19-15-25)32-28(30)20(2)3/h6-19H,2,4-5H2,1,3H3/b7-6+. The monoisotopic (exact) mass is 438 g/mol. The molecule has 0 radical (unpaired) electrons. The number of rotatable bonds is 8. The zero-order valence-corrected chi connectivity index (χ0v) is 18.8. The Morgan fingerprint density at radius 3 is 1.55 bits per heavy atom. The van der Waals surface area contributed by atoms with Crippen molar-refractivity contribution in [2.45, 2.75) is 20.3 Å². The van der Waals surface area contributed by atoms with Gasteiger partial charge in [0.15, 0.2) is 0 Å². The first-order chi connectivity index (χ1) is 15.9. The van der Waals surface area contributed by atoms with Crippen molar-refractivity contribution in [3.05, 3.63) is 108 Å². The van der Waals surface area contributed by atoms with E-state index in [2.05, 4.69) is 13.2 Å². The Hall–Kier alpha value is -4.18. The highest BCUT2D eigenvalue weighted by Crippen LogP contribution is 2.24. The molecule has 0 saturated carbocycles. The minimum atomic E-state index is -0.433. The van der Waals surface area contributed by atoms with Gasteiger partial charge in [-0.15, -0.1) is 0 Å². The van der Waals surface area contributed by atoms with E-state index in [0.29, 0.717) is 29.1 Å². The van der Waals surface area contributed by atoms with Crippen LogP contribution in [0.1, 0.15) is 31.4 Å². The number of ether oxygens (including phenoxy) is 2. The van der Waals surface area contributed by atoms with Gasteiger partial charge >= 0.3 is 11.9 Å². The van der Waals surface area contributed by atoms with Crippen molar-refractivity contribution in [2.24, 2.45) is 0 Å². The third-order valence-electron chi connectivity index (χ3n) is 4.93. The molecular weight excluding hydrogens is 412 g/mol. The van der Waals surface area contributed by atoms with Gasteiger partial charge in [-0.2, -0.15) is 0 Å². The van der Waals surface area contributed by atoms with E-state index in [1.807, 2.05) is 67.6 Å². The van der Waals surface area contributed by atoms with E-state index in [0.717, 1.165) is 22.3 Å². The van der Waals surface area contributed by atoms with Crippen LogP contribution in [0, 0.1) is 0 Å². The zero-order valence-electron chi connectivity index (χ0n) is 18.8. The predicted molar refractivity (Wildman–Crippen MR) is 133 cm³/mol. The van der Waals surface area contributed by atoms with Gasteiger partial charge in [0, 0.05) is 11.1 Å². The molecule has 0 unspecified atom stereocenters. The van der Waals surface area contributed by atoms with Crippen molar-refractivity contribution in [3.8, 4) is 22.6 Å².